The van der Waals surface area contributed by atoms with Gasteiger partial charge in [0.15, 0.2) is 0 Å². The Kier molecular flexibility index (Phi) is 26.5. The van der Waals surface area contributed by atoms with Crippen LogP contribution in [0.1, 0.15) is 39.5 Å². The van der Waals surface area contributed by atoms with E-state index in [0.29, 0.717) is 0 Å². The predicted molar refractivity (Wildman–Crippen MR) is 51.0 cm³/mol. The van der Waals surface area contributed by atoms with Gasteiger partial charge in [-0.1, -0.05) is 0 Å². The van der Waals surface area contributed by atoms with Crippen LogP contribution in [0.3, 0.4) is 0 Å². The van der Waals surface area contributed by atoms with Crippen LogP contribution in [0.15, 0.2) is 0 Å². The molecule has 0 radical (unpaired) electrons. The molecule has 0 saturated carbocycles. The second kappa shape index (κ2) is 15.6. The molecule has 84 valence electrons. The average molecular weight is 313 g/mol. The van der Waals surface area contributed by atoms with Gasteiger partial charge < -0.3 is 16.4 Å². The maximum atomic E-state index is 11.0. The smallest absolute Gasteiger partial charge is 0.870 e. The van der Waals surface area contributed by atoms with Gasteiger partial charge in [-0.05, 0) is 0 Å². The molecule has 0 aromatic heterocycles. The van der Waals surface area contributed by atoms with Crippen molar-refractivity contribution in [2.24, 2.45) is 5.92 Å². The van der Waals surface area contributed by atoms with Gasteiger partial charge in [-0.15, -0.1) is 0 Å². The van der Waals surface area contributed by atoms with Gasteiger partial charge in [-0.2, -0.15) is 0 Å². The van der Waals surface area contributed by atoms with Gasteiger partial charge >= 0.3 is 82.2 Å². The van der Waals surface area contributed by atoms with Crippen LogP contribution in [0, 0.1) is 5.92 Å². The fourth-order valence-corrected chi connectivity index (χ4v) is 1.50. The number of carbonyl (C=O) groups excluding carboxylic acids is 1. The van der Waals surface area contributed by atoms with Gasteiger partial charge in [0.25, 0.3) is 0 Å². The van der Waals surface area contributed by atoms with E-state index >= 15 is 0 Å². The molecule has 0 spiro atoms. The molecule has 5 nitrogen and oxygen atoms in total. The summed E-state index contributed by atoms with van der Waals surface area (Å²) in [5, 5.41) is 0. The van der Waals surface area contributed by atoms with Crippen LogP contribution in [-0.4, -0.2) is 45.3 Å². The topological polar surface area (TPSA) is 116 Å². The van der Waals surface area contributed by atoms with Crippen LogP contribution in [-0.2, 0) is 7.87 Å². The molecular formula is C8H18O5Sn. The van der Waals surface area contributed by atoms with E-state index < -0.39 is 0 Å². The first-order chi connectivity index (χ1) is 5.26. The fraction of sp³-hybridized carbons (Fsp3) is 0.875. The first kappa shape index (κ1) is 23.7. The Bertz CT molecular complexity index is 120. The van der Waals surface area contributed by atoms with Gasteiger partial charge in [0.1, 0.15) is 0 Å². The van der Waals surface area contributed by atoms with Crippen molar-refractivity contribution in [3.05, 3.63) is 0 Å². The summed E-state index contributed by atoms with van der Waals surface area (Å²) in [4.78, 5) is 11.0. The second-order valence-corrected chi connectivity index (χ2v) is 3.25. The molecule has 0 saturated heterocycles. The third-order valence-electron chi connectivity index (χ3n) is 1.83. The van der Waals surface area contributed by atoms with Crippen molar-refractivity contribution >= 4 is 28.9 Å². The molecule has 0 bridgehead atoms. The molecule has 0 aliphatic rings. The second-order valence-electron chi connectivity index (χ2n) is 2.67. The number of hydrogen-bond donors (Lipinski definition) is 0. The molecule has 3 N–H and O–H groups in total. The molecule has 0 rings (SSSR count). The molecule has 0 aliphatic heterocycles. The van der Waals surface area contributed by atoms with Crippen molar-refractivity contribution in [1.29, 1.82) is 0 Å². The number of hydrogen-bond acceptors (Lipinski definition) is 5. The molecule has 0 aromatic carbocycles. The monoisotopic (exact) mass is 314 g/mol. The Balaban J connectivity index is -0.000000167. The molecule has 0 amide bonds. The SMILES string of the molecule is CCCCC(CC)C(=O)[O][Sn+3].[OH-].[OH-].[OH-]. The van der Waals surface area contributed by atoms with Gasteiger partial charge in [-0.3, -0.25) is 0 Å². The first-order valence-electron chi connectivity index (χ1n) is 4.13. The molecule has 0 fully saturated rings. The number of unbranched alkanes of at least 4 members (excludes halogenated alkanes) is 1. The maximum absolute atomic E-state index is 11.0. The van der Waals surface area contributed by atoms with E-state index in [1.165, 1.54) is 0 Å². The summed E-state index contributed by atoms with van der Waals surface area (Å²) in [6, 6.07) is 0. The number of rotatable bonds is 5. The van der Waals surface area contributed by atoms with E-state index in [2.05, 4.69) is 6.92 Å². The average Bonchev–Trinajstić information content (AvgIpc) is 2.05. The van der Waals surface area contributed by atoms with Gasteiger partial charge in [-0.25, -0.2) is 0 Å². The Labute approximate surface area is 98.8 Å². The summed E-state index contributed by atoms with van der Waals surface area (Å²) in [6.45, 7) is 4.17. The van der Waals surface area contributed by atoms with Gasteiger partial charge in [0.2, 0.25) is 0 Å². The summed E-state index contributed by atoms with van der Waals surface area (Å²) < 4.78 is 4.75. The number of carbonyl (C=O) groups is 1. The minimum atomic E-state index is -0.0147. The third-order valence-corrected chi connectivity index (χ3v) is 2.41. The van der Waals surface area contributed by atoms with Crippen LogP contribution in [0.5, 0.6) is 0 Å². The standard InChI is InChI=1S/C8H16O2.3H2O.Sn/c1-3-5-6-7(4-2)8(9)10;;;;/h7H,3-6H2,1-2H3,(H,9,10);3*1H2;/q;;;;+4/p-4. The molecule has 1 unspecified atom stereocenters. The van der Waals surface area contributed by atoms with Crippen LogP contribution in [0.2, 0.25) is 0 Å². The van der Waals surface area contributed by atoms with Crippen molar-refractivity contribution in [2.75, 3.05) is 0 Å². The molecular weight excluding hydrogens is 295 g/mol. The van der Waals surface area contributed by atoms with E-state index in [1.807, 2.05) is 6.92 Å². The quantitative estimate of drug-likeness (QED) is 0.709. The summed E-state index contributed by atoms with van der Waals surface area (Å²) in [6.07, 6.45) is 4.18. The van der Waals surface area contributed by atoms with Crippen LogP contribution in [0.4, 0.5) is 0 Å². The van der Waals surface area contributed by atoms with Gasteiger partial charge in [0, 0.05) is 0 Å². The Morgan fingerprint density at radius 3 is 2.07 bits per heavy atom. The summed E-state index contributed by atoms with van der Waals surface area (Å²) in [5.74, 6) is 0.133. The van der Waals surface area contributed by atoms with Gasteiger partial charge in [0.05, 0.1) is 0 Å². The van der Waals surface area contributed by atoms with Crippen LogP contribution < -0.4 is 0 Å². The van der Waals surface area contributed by atoms with E-state index in [1.54, 1.807) is 0 Å². The van der Waals surface area contributed by atoms with E-state index in [9.17, 15) is 4.79 Å². The Morgan fingerprint density at radius 1 is 1.29 bits per heavy atom. The van der Waals surface area contributed by atoms with E-state index in [-0.39, 0.29) is 28.3 Å². The van der Waals surface area contributed by atoms with Crippen LogP contribution in [0.25, 0.3) is 0 Å². The largest absolute Gasteiger partial charge is 0.870 e. The van der Waals surface area contributed by atoms with Crippen molar-refractivity contribution in [2.45, 2.75) is 39.5 Å². The van der Waals surface area contributed by atoms with Crippen molar-refractivity contribution < 1.29 is 24.3 Å². The molecule has 0 heterocycles. The zero-order valence-corrected chi connectivity index (χ0v) is 11.4. The predicted octanol–water partition coefficient (Wildman–Crippen LogP) is 1.30. The minimum Gasteiger partial charge on any atom is -0.870 e. The maximum Gasteiger partial charge on any atom is -0.870 e. The molecule has 1 atom stereocenters. The zero-order chi connectivity index (χ0) is 8.69. The summed E-state index contributed by atoms with van der Waals surface area (Å²) in [5.41, 5.74) is 0. The molecule has 6 heteroatoms. The van der Waals surface area contributed by atoms with Crippen molar-refractivity contribution in [3.63, 3.8) is 0 Å². The molecule has 0 aromatic rings. The summed E-state index contributed by atoms with van der Waals surface area (Å²) in [7, 11) is 0. The van der Waals surface area contributed by atoms with E-state index in [0.717, 1.165) is 48.6 Å². The summed E-state index contributed by atoms with van der Waals surface area (Å²) >= 11 is 0.859. The van der Waals surface area contributed by atoms with Crippen LogP contribution >= 0.6 is 0 Å². The van der Waals surface area contributed by atoms with E-state index in [4.69, 9.17) is 3.07 Å². The normalized spacial score (nSPS) is 10.0. The fourth-order valence-electron chi connectivity index (χ4n) is 1.02. The van der Waals surface area contributed by atoms with Crippen molar-refractivity contribution in [1.82, 2.24) is 0 Å². The van der Waals surface area contributed by atoms with Crippen molar-refractivity contribution in [3.8, 4) is 0 Å². The zero-order valence-electron chi connectivity index (χ0n) is 8.56. The molecule has 14 heavy (non-hydrogen) atoms. The Morgan fingerprint density at radius 2 is 1.79 bits per heavy atom. The molecule has 0 aliphatic carbocycles. The third kappa shape index (κ3) is 10.2. The minimum absolute atomic E-state index is 0. The first-order valence-corrected chi connectivity index (χ1v) is 5.30. The Hall–Kier alpha value is 0.149.